The molecule has 1 heterocycles. The largest absolute Gasteiger partial charge is 0.234 e. The molecule has 0 aromatic heterocycles. The van der Waals surface area contributed by atoms with Crippen molar-refractivity contribution in [1.82, 2.24) is 0 Å². The predicted molar refractivity (Wildman–Crippen MR) is 115 cm³/mol. The monoisotopic (exact) mass is 328 g/mol. The molecule has 0 spiro atoms. The van der Waals surface area contributed by atoms with E-state index in [1.54, 1.807) is 0 Å². The Bertz CT molecular complexity index is 204. The molecule has 0 saturated carbocycles. The summed E-state index contributed by atoms with van der Waals surface area (Å²) in [5.74, 6) is 0. The predicted octanol–water partition coefficient (Wildman–Crippen LogP) is 7.91. The first-order valence-corrected chi connectivity index (χ1v) is 10.1. The third-order valence-corrected chi connectivity index (χ3v) is 2.69. The van der Waals surface area contributed by atoms with E-state index in [2.05, 4.69) is 37.8 Å². The molecular formula is C22H50N+. The molecule has 0 aromatic rings. The van der Waals surface area contributed by atoms with Crippen LogP contribution in [0, 0.1) is 0 Å². The van der Waals surface area contributed by atoms with Crippen LogP contribution in [0.25, 0.3) is 0 Å². The van der Waals surface area contributed by atoms with Gasteiger partial charge in [-0.1, -0.05) is 75.0 Å². The minimum atomic E-state index is 0.718. The van der Waals surface area contributed by atoms with Crippen LogP contribution in [0.15, 0.2) is 25.3 Å². The first-order valence-electron chi connectivity index (χ1n) is 10.1. The van der Waals surface area contributed by atoms with Gasteiger partial charge in [-0.3, -0.25) is 0 Å². The van der Waals surface area contributed by atoms with Crippen molar-refractivity contribution in [2.75, 3.05) is 6.54 Å². The van der Waals surface area contributed by atoms with E-state index in [0.29, 0.717) is 0 Å². The molecular weight excluding hydrogens is 278 g/mol. The van der Waals surface area contributed by atoms with E-state index < -0.39 is 0 Å². The maximum absolute atomic E-state index is 3.72. The minimum Gasteiger partial charge on any atom is -0.234 e. The summed E-state index contributed by atoms with van der Waals surface area (Å²) in [5, 5.41) is 0. The van der Waals surface area contributed by atoms with Gasteiger partial charge in [0.05, 0.1) is 0 Å². The number of hydrogen-bond acceptors (Lipinski definition) is 0. The van der Waals surface area contributed by atoms with Gasteiger partial charge in [-0.15, -0.1) is 6.58 Å². The van der Waals surface area contributed by atoms with Gasteiger partial charge < -0.3 is 0 Å². The zero-order valence-corrected chi connectivity index (χ0v) is 18.4. The van der Waals surface area contributed by atoms with Crippen molar-refractivity contribution in [1.29, 1.82) is 0 Å². The highest BCUT2D eigenvalue weighted by molar-refractivity contribution is 5.65. The van der Waals surface area contributed by atoms with E-state index in [4.69, 9.17) is 0 Å². The molecule has 0 radical (unpaired) electrons. The topological polar surface area (TPSA) is 3.01 Å². The lowest BCUT2D eigenvalue weighted by Gasteiger charge is -2.05. The highest BCUT2D eigenvalue weighted by Gasteiger charge is 2.16. The van der Waals surface area contributed by atoms with E-state index in [0.717, 1.165) is 12.5 Å². The second-order valence-electron chi connectivity index (χ2n) is 4.02. The van der Waals surface area contributed by atoms with E-state index in [-0.39, 0.29) is 0 Å². The average Bonchev–Trinajstić information content (AvgIpc) is 2.87. The number of allylic oxidation sites excluding steroid dienone is 2. The van der Waals surface area contributed by atoms with Crippen molar-refractivity contribution < 1.29 is 4.58 Å². The summed E-state index contributed by atoms with van der Waals surface area (Å²) in [6.45, 7) is 28.8. The lowest BCUT2D eigenvalue weighted by atomic mass is 10.1. The fraction of sp³-hybridized carbons (Fsp3) is 0.773. The molecule has 1 aliphatic rings. The van der Waals surface area contributed by atoms with Crippen molar-refractivity contribution in [2.24, 2.45) is 0 Å². The van der Waals surface area contributed by atoms with Gasteiger partial charge in [-0.25, -0.2) is 4.58 Å². The van der Waals surface area contributed by atoms with Gasteiger partial charge in [0.2, 0.25) is 0 Å². The summed E-state index contributed by atoms with van der Waals surface area (Å²) < 4.78 is 2.40. The first kappa shape index (κ1) is 33.7. The first-order chi connectivity index (χ1) is 11.3. The summed E-state index contributed by atoms with van der Waals surface area (Å²) in [6.07, 6.45) is 12.4. The number of nitrogens with zero attached hydrogens (tertiary/aromatic N) is 1. The summed E-state index contributed by atoms with van der Waals surface area (Å²) in [6, 6.07) is 0.718. The molecule has 1 rings (SSSR count). The van der Waals surface area contributed by atoms with Crippen LogP contribution in [0.1, 0.15) is 101 Å². The lowest BCUT2D eigenvalue weighted by Crippen LogP contribution is -2.22. The van der Waals surface area contributed by atoms with Gasteiger partial charge in [-0.2, -0.15) is 0 Å². The molecule has 1 unspecified atom stereocenters. The number of hydrogen-bond donors (Lipinski definition) is 0. The quantitative estimate of drug-likeness (QED) is 0.358. The van der Waals surface area contributed by atoms with Gasteiger partial charge in [0.25, 0.3) is 0 Å². The van der Waals surface area contributed by atoms with Crippen LogP contribution >= 0.6 is 0 Å². The summed E-state index contributed by atoms with van der Waals surface area (Å²) >= 11 is 0. The number of rotatable bonds is 2. The van der Waals surface area contributed by atoms with Crippen molar-refractivity contribution in [3.8, 4) is 0 Å². The molecule has 23 heavy (non-hydrogen) atoms. The Morgan fingerprint density at radius 1 is 0.870 bits per heavy atom. The Morgan fingerprint density at radius 2 is 1.30 bits per heavy atom. The Labute approximate surface area is 150 Å². The Kier molecular flexibility index (Phi) is 62.8. The van der Waals surface area contributed by atoms with Crippen LogP contribution in [-0.2, 0) is 0 Å². The second-order valence-corrected chi connectivity index (χ2v) is 4.02. The highest BCUT2D eigenvalue weighted by Crippen LogP contribution is 2.11. The van der Waals surface area contributed by atoms with Crippen LogP contribution in [0.3, 0.4) is 0 Å². The normalized spacial score (nSPS) is 16.4. The van der Waals surface area contributed by atoms with Crippen molar-refractivity contribution in [2.45, 2.75) is 107 Å². The molecule has 1 heteroatoms. The maximum Gasteiger partial charge on any atom is 0.162 e. The van der Waals surface area contributed by atoms with Gasteiger partial charge in [0, 0.05) is 12.8 Å². The zero-order chi connectivity index (χ0) is 19.5. The fourth-order valence-electron chi connectivity index (χ4n) is 1.65. The Morgan fingerprint density at radius 3 is 1.65 bits per heavy atom. The summed E-state index contributed by atoms with van der Waals surface area (Å²) in [7, 11) is 0. The van der Waals surface area contributed by atoms with E-state index in [1.165, 1.54) is 32.2 Å². The SMILES string of the molecule is C=CC=[N+]1CCCCCC1C.C=CCC.CC.CC.CC.CC. The molecule has 0 aliphatic carbocycles. The van der Waals surface area contributed by atoms with Crippen molar-refractivity contribution in [3.05, 3.63) is 25.3 Å². The Hall–Kier alpha value is -0.850. The van der Waals surface area contributed by atoms with Crippen LogP contribution in [0.4, 0.5) is 0 Å². The van der Waals surface area contributed by atoms with Crippen LogP contribution < -0.4 is 0 Å². The third-order valence-electron chi connectivity index (χ3n) is 2.69. The molecule has 0 N–H and O–H groups in total. The van der Waals surface area contributed by atoms with E-state index in [9.17, 15) is 0 Å². The molecule has 0 amide bonds. The molecule has 1 nitrogen and oxygen atoms in total. The van der Waals surface area contributed by atoms with Crippen molar-refractivity contribution >= 4 is 6.21 Å². The van der Waals surface area contributed by atoms with Gasteiger partial charge in [0.1, 0.15) is 12.6 Å². The molecule has 1 fully saturated rings. The van der Waals surface area contributed by atoms with Gasteiger partial charge >= 0.3 is 0 Å². The van der Waals surface area contributed by atoms with E-state index >= 15 is 0 Å². The average molecular weight is 329 g/mol. The summed E-state index contributed by atoms with van der Waals surface area (Å²) in [5.41, 5.74) is 0. The van der Waals surface area contributed by atoms with Gasteiger partial charge in [0.15, 0.2) is 6.21 Å². The molecule has 142 valence electrons. The molecule has 1 atom stereocenters. The van der Waals surface area contributed by atoms with Crippen molar-refractivity contribution in [3.63, 3.8) is 0 Å². The lowest BCUT2D eigenvalue weighted by molar-refractivity contribution is -0.556. The second kappa shape index (κ2) is 42.9. The highest BCUT2D eigenvalue weighted by atomic mass is 15.0. The fourth-order valence-corrected chi connectivity index (χ4v) is 1.65. The standard InChI is InChI=1S/C10H18N.C4H8.4C2H6/c1-3-8-11-9-6-4-5-7-10(11)2;1-3-4-2;4*1-2/h3,8,10H,1,4-7,9H2,2H3;3H,1,4H2,2H3;4*1-2H3/q+1;;;;;. The van der Waals surface area contributed by atoms with Gasteiger partial charge in [-0.05, 0) is 32.3 Å². The smallest absolute Gasteiger partial charge is 0.162 e. The zero-order valence-electron chi connectivity index (χ0n) is 18.4. The molecule has 1 saturated heterocycles. The minimum absolute atomic E-state index is 0.718. The summed E-state index contributed by atoms with van der Waals surface area (Å²) in [4.78, 5) is 0. The molecule has 0 bridgehead atoms. The third kappa shape index (κ3) is 33.8. The van der Waals surface area contributed by atoms with E-state index in [1.807, 2.05) is 67.5 Å². The Balaban J connectivity index is -0.0000000759. The molecule has 1 aliphatic heterocycles. The van der Waals surface area contributed by atoms with Crippen LogP contribution in [0.2, 0.25) is 0 Å². The molecule has 0 aromatic carbocycles. The van der Waals surface area contributed by atoms with Crippen LogP contribution in [0.5, 0.6) is 0 Å². The maximum atomic E-state index is 3.72. The van der Waals surface area contributed by atoms with Crippen LogP contribution in [-0.4, -0.2) is 23.4 Å².